The Kier molecular flexibility index (Phi) is 6.17. The van der Waals surface area contributed by atoms with E-state index >= 15 is 0 Å². The Balaban J connectivity index is 1.41. The van der Waals surface area contributed by atoms with Crippen LogP contribution in [0.4, 0.5) is 5.69 Å². The van der Waals surface area contributed by atoms with Crippen LogP contribution in [0.1, 0.15) is 34.1 Å². The van der Waals surface area contributed by atoms with Crippen molar-refractivity contribution < 1.29 is 0 Å². The lowest BCUT2D eigenvalue weighted by molar-refractivity contribution is 0.201. The van der Waals surface area contributed by atoms with Gasteiger partial charge in [-0.15, -0.1) is 5.10 Å². The van der Waals surface area contributed by atoms with Crippen molar-refractivity contribution in [3.8, 4) is 0 Å². The molecule has 0 bridgehead atoms. The number of rotatable bonds is 6. The van der Waals surface area contributed by atoms with Crippen LogP contribution in [0, 0.1) is 13.8 Å². The molecule has 1 unspecified atom stereocenters. The molecule has 0 spiro atoms. The molecule has 6 nitrogen and oxygen atoms in total. The minimum absolute atomic E-state index is 0.0191. The first-order valence-electron chi connectivity index (χ1n) is 11.6. The molecule has 3 aromatic carbocycles. The lowest BCUT2D eigenvalue weighted by Crippen LogP contribution is -2.48. The zero-order valence-electron chi connectivity index (χ0n) is 19.3. The molecular weight excluding hydrogens is 408 g/mol. The molecule has 1 aliphatic rings. The Bertz CT molecular complexity index is 1180. The van der Waals surface area contributed by atoms with E-state index in [4.69, 9.17) is 0 Å². The fourth-order valence-electron chi connectivity index (χ4n) is 4.73. The number of nitrogens with zero attached hydrogens (tertiary/aromatic N) is 6. The van der Waals surface area contributed by atoms with Gasteiger partial charge in [-0.05, 0) is 52.6 Å². The van der Waals surface area contributed by atoms with Crippen molar-refractivity contribution in [2.24, 2.45) is 0 Å². The highest BCUT2D eigenvalue weighted by molar-refractivity contribution is 5.56. The van der Waals surface area contributed by atoms with E-state index in [1.165, 1.54) is 27.9 Å². The van der Waals surface area contributed by atoms with Crippen LogP contribution in [-0.4, -0.2) is 51.3 Å². The minimum Gasteiger partial charge on any atom is -0.369 e. The van der Waals surface area contributed by atoms with Gasteiger partial charge in [-0.3, -0.25) is 4.90 Å². The number of benzene rings is 3. The molecule has 0 aliphatic carbocycles. The summed E-state index contributed by atoms with van der Waals surface area (Å²) in [5.41, 5.74) is 6.48. The summed E-state index contributed by atoms with van der Waals surface area (Å²) in [6.45, 7) is 8.93. The Labute approximate surface area is 195 Å². The highest BCUT2D eigenvalue weighted by Crippen LogP contribution is 2.30. The quantitative estimate of drug-likeness (QED) is 0.450. The van der Waals surface area contributed by atoms with Crippen molar-refractivity contribution in [1.82, 2.24) is 25.1 Å². The van der Waals surface area contributed by atoms with Crippen LogP contribution in [-0.2, 0) is 6.54 Å². The van der Waals surface area contributed by atoms with Gasteiger partial charge in [0.2, 0.25) is 0 Å². The van der Waals surface area contributed by atoms with Gasteiger partial charge in [-0.25, -0.2) is 4.68 Å². The largest absolute Gasteiger partial charge is 0.369 e. The van der Waals surface area contributed by atoms with Gasteiger partial charge in [-0.2, -0.15) is 0 Å². The molecule has 2 heterocycles. The first-order chi connectivity index (χ1) is 16.2. The number of anilines is 1. The normalized spacial score (nSPS) is 15.5. The molecule has 0 N–H and O–H groups in total. The van der Waals surface area contributed by atoms with E-state index in [2.05, 4.69) is 112 Å². The number of aryl methyl sites for hydroxylation is 1. The van der Waals surface area contributed by atoms with Crippen molar-refractivity contribution in [2.75, 3.05) is 31.1 Å². The summed E-state index contributed by atoms with van der Waals surface area (Å²) in [6, 6.07) is 27.6. The molecule has 1 aliphatic heterocycles. The van der Waals surface area contributed by atoms with E-state index in [-0.39, 0.29) is 6.04 Å². The first-order valence-corrected chi connectivity index (χ1v) is 11.6. The summed E-state index contributed by atoms with van der Waals surface area (Å²) in [5.74, 6) is 0.894. The third kappa shape index (κ3) is 4.52. The van der Waals surface area contributed by atoms with Crippen LogP contribution in [0.2, 0.25) is 0 Å². The minimum atomic E-state index is 0.0191. The molecule has 1 aromatic heterocycles. The summed E-state index contributed by atoms with van der Waals surface area (Å²) in [5, 5.41) is 12.9. The van der Waals surface area contributed by atoms with Crippen LogP contribution < -0.4 is 4.90 Å². The molecule has 168 valence electrons. The van der Waals surface area contributed by atoms with Gasteiger partial charge in [0.05, 0.1) is 12.6 Å². The standard InChI is InChI=1S/C27H30N6/c1-21-10-9-15-25(22(21)2)31-16-18-32(19-17-31)26(24-13-7-4-8-14-24)27-28-29-30-33(27)20-23-11-5-3-6-12-23/h3-15,26H,16-20H2,1-2H3. The summed E-state index contributed by atoms with van der Waals surface area (Å²) in [6.07, 6.45) is 0. The zero-order valence-corrected chi connectivity index (χ0v) is 19.3. The third-order valence-electron chi connectivity index (χ3n) is 6.69. The van der Waals surface area contributed by atoms with E-state index in [1.807, 2.05) is 10.7 Å². The lowest BCUT2D eigenvalue weighted by Gasteiger charge is -2.40. The summed E-state index contributed by atoms with van der Waals surface area (Å²) < 4.78 is 1.95. The van der Waals surface area contributed by atoms with Gasteiger partial charge in [0, 0.05) is 31.9 Å². The second kappa shape index (κ2) is 9.55. The fourth-order valence-corrected chi connectivity index (χ4v) is 4.73. The van der Waals surface area contributed by atoms with Gasteiger partial charge in [0.1, 0.15) is 0 Å². The van der Waals surface area contributed by atoms with E-state index in [0.29, 0.717) is 6.54 Å². The summed E-state index contributed by atoms with van der Waals surface area (Å²) in [7, 11) is 0. The molecule has 0 saturated carbocycles. The molecular formula is C27H30N6. The molecule has 4 aromatic rings. The van der Waals surface area contributed by atoms with Crippen molar-refractivity contribution in [3.63, 3.8) is 0 Å². The Hall–Kier alpha value is -3.51. The maximum atomic E-state index is 4.51. The topological polar surface area (TPSA) is 50.1 Å². The summed E-state index contributed by atoms with van der Waals surface area (Å²) >= 11 is 0. The first kappa shape index (κ1) is 21.3. The van der Waals surface area contributed by atoms with E-state index < -0.39 is 0 Å². The lowest BCUT2D eigenvalue weighted by atomic mass is 10.0. The van der Waals surface area contributed by atoms with E-state index in [9.17, 15) is 0 Å². The predicted molar refractivity (Wildman–Crippen MR) is 131 cm³/mol. The van der Waals surface area contributed by atoms with Gasteiger partial charge in [-0.1, -0.05) is 72.8 Å². The molecule has 5 rings (SSSR count). The SMILES string of the molecule is Cc1cccc(N2CCN(C(c3ccccc3)c3nnnn3Cc3ccccc3)CC2)c1C. The van der Waals surface area contributed by atoms with E-state index in [0.717, 1.165) is 32.0 Å². The highest BCUT2D eigenvalue weighted by atomic mass is 15.6. The maximum absolute atomic E-state index is 4.51. The number of tetrazole rings is 1. The van der Waals surface area contributed by atoms with Crippen LogP contribution in [0.5, 0.6) is 0 Å². The van der Waals surface area contributed by atoms with Crippen LogP contribution >= 0.6 is 0 Å². The highest BCUT2D eigenvalue weighted by Gasteiger charge is 2.31. The molecule has 0 radical (unpaired) electrons. The molecule has 1 saturated heterocycles. The Morgan fingerprint density at radius 2 is 1.48 bits per heavy atom. The van der Waals surface area contributed by atoms with Gasteiger partial charge in [0.15, 0.2) is 5.82 Å². The summed E-state index contributed by atoms with van der Waals surface area (Å²) in [4.78, 5) is 5.03. The zero-order chi connectivity index (χ0) is 22.6. The second-order valence-electron chi connectivity index (χ2n) is 8.74. The maximum Gasteiger partial charge on any atom is 0.173 e. The molecule has 1 atom stereocenters. The van der Waals surface area contributed by atoms with Crippen molar-refractivity contribution in [2.45, 2.75) is 26.4 Å². The molecule has 33 heavy (non-hydrogen) atoms. The number of aromatic nitrogens is 4. The average Bonchev–Trinajstić information content (AvgIpc) is 3.30. The van der Waals surface area contributed by atoms with Gasteiger partial charge >= 0.3 is 0 Å². The van der Waals surface area contributed by atoms with E-state index in [1.54, 1.807) is 0 Å². The number of piperazine rings is 1. The Morgan fingerprint density at radius 1 is 0.788 bits per heavy atom. The molecule has 1 fully saturated rings. The van der Waals surface area contributed by atoms with Crippen molar-refractivity contribution in [3.05, 3.63) is 107 Å². The van der Waals surface area contributed by atoms with Crippen LogP contribution in [0.3, 0.4) is 0 Å². The fraction of sp³-hybridized carbons (Fsp3) is 0.296. The third-order valence-corrected chi connectivity index (χ3v) is 6.69. The smallest absolute Gasteiger partial charge is 0.173 e. The number of hydrogen-bond donors (Lipinski definition) is 0. The van der Waals surface area contributed by atoms with Gasteiger partial charge in [0.25, 0.3) is 0 Å². The molecule has 6 heteroatoms. The molecule has 0 amide bonds. The van der Waals surface area contributed by atoms with Crippen molar-refractivity contribution in [1.29, 1.82) is 0 Å². The van der Waals surface area contributed by atoms with Crippen molar-refractivity contribution >= 4 is 5.69 Å². The second-order valence-corrected chi connectivity index (χ2v) is 8.74. The van der Waals surface area contributed by atoms with Gasteiger partial charge < -0.3 is 4.90 Å². The van der Waals surface area contributed by atoms with Crippen LogP contribution in [0.25, 0.3) is 0 Å². The Morgan fingerprint density at radius 3 is 2.21 bits per heavy atom. The average molecular weight is 439 g/mol. The van der Waals surface area contributed by atoms with Crippen LogP contribution in [0.15, 0.2) is 78.9 Å². The monoisotopic (exact) mass is 438 g/mol. The predicted octanol–water partition coefficient (Wildman–Crippen LogP) is 4.25. The number of hydrogen-bond acceptors (Lipinski definition) is 5.